The molecule has 4 rings (SSSR count). The number of hydrogen-bond acceptors (Lipinski definition) is 5. The average Bonchev–Trinajstić information content (AvgIpc) is 2.96. The summed E-state index contributed by atoms with van der Waals surface area (Å²) in [6.07, 6.45) is 4.77. The second-order valence-electron chi connectivity index (χ2n) is 8.48. The second kappa shape index (κ2) is 10.3. The van der Waals surface area contributed by atoms with Crippen LogP contribution >= 0.6 is 23.8 Å². The molecule has 2 aromatic rings. The van der Waals surface area contributed by atoms with E-state index in [1.165, 1.54) is 12.8 Å². The van der Waals surface area contributed by atoms with Crippen LogP contribution in [0.1, 0.15) is 25.7 Å². The molecule has 168 valence electrons. The number of likely N-dealkylation sites (tertiary alicyclic amines) is 1. The Morgan fingerprint density at radius 3 is 2.32 bits per heavy atom. The van der Waals surface area contributed by atoms with Gasteiger partial charge in [0.05, 0.1) is 18.2 Å². The maximum atomic E-state index is 12.7. The predicted octanol–water partition coefficient (Wildman–Crippen LogP) is 3.25. The van der Waals surface area contributed by atoms with Crippen LogP contribution in [0.15, 0.2) is 24.3 Å². The molecule has 0 N–H and O–H groups in total. The van der Waals surface area contributed by atoms with E-state index in [9.17, 15) is 4.79 Å². The minimum Gasteiger partial charge on any atom is -0.342 e. The molecule has 2 aliphatic heterocycles. The average molecular weight is 463 g/mol. The molecule has 7 nitrogen and oxygen atoms in total. The molecule has 0 spiro atoms. The molecule has 0 aliphatic carbocycles. The summed E-state index contributed by atoms with van der Waals surface area (Å²) in [4.78, 5) is 19.3. The standard InChI is InChI=1S/C22H31ClN6OS/c1-25-21(18-8-4-5-9-19(18)23)24-29(22(25)31)17-27-14-12-26(13-15-27)16-20(30)28-10-6-2-3-7-11-28/h4-5,8-9H,2-3,6-7,10-17H2,1H3. The molecule has 1 aromatic carbocycles. The number of piperazine rings is 1. The lowest BCUT2D eigenvalue weighted by Gasteiger charge is -2.35. The molecule has 0 unspecified atom stereocenters. The van der Waals surface area contributed by atoms with Gasteiger partial charge in [-0.05, 0) is 37.2 Å². The summed E-state index contributed by atoms with van der Waals surface area (Å²) < 4.78 is 4.45. The molecule has 1 amide bonds. The number of hydrogen-bond donors (Lipinski definition) is 0. The molecule has 0 saturated carbocycles. The van der Waals surface area contributed by atoms with Crippen LogP contribution in [-0.2, 0) is 18.5 Å². The van der Waals surface area contributed by atoms with Crippen LogP contribution in [0.3, 0.4) is 0 Å². The van der Waals surface area contributed by atoms with Crippen molar-refractivity contribution in [3.8, 4) is 11.4 Å². The van der Waals surface area contributed by atoms with E-state index in [4.69, 9.17) is 28.9 Å². The van der Waals surface area contributed by atoms with Crippen LogP contribution < -0.4 is 0 Å². The molecular formula is C22H31ClN6OS. The molecule has 2 saturated heterocycles. The Bertz CT molecular complexity index is 957. The highest BCUT2D eigenvalue weighted by atomic mass is 35.5. The summed E-state index contributed by atoms with van der Waals surface area (Å²) in [5.41, 5.74) is 0.883. The number of carbonyl (C=O) groups is 1. The quantitative estimate of drug-likeness (QED) is 0.638. The zero-order valence-corrected chi connectivity index (χ0v) is 19.7. The second-order valence-corrected chi connectivity index (χ2v) is 9.25. The molecule has 2 aliphatic rings. The SMILES string of the molecule is Cn1c(-c2ccccc2Cl)nn(CN2CCN(CC(=O)N3CCCCCC3)CC2)c1=S. The van der Waals surface area contributed by atoms with Gasteiger partial charge in [-0.2, -0.15) is 5.10 Å². The lowest BCUT2D eigenvalue weighted by atomic mass is 10.2. The Labute approximate surface area is 194 Å². The zero-order valence-electron chi connectivity index (χ0n) is 18.2. The van der Waals surface area contributed by atoms with Gasteiger partial charge in [-0.3, -0.25) is 14.6 Å². The van der Waals surface area contributed by atoms with Gasteiger partial charge in [0.1, 0.15) is 0 Å². The maximum absolute atomic E-state index is 12.7. The van der Waals surface area contributed by atoms with Gasteiger partial charge in [0, 0.05) is 51.9 Å². The van der Waals surface area contributed by atoms with Gasteiger partial charge in [0.2, 0.25) is 5.91 Å². The number of carbonyl (C=O) groups excluding carboxylic acids is 1. The molecule has 2 fully saturated rings. The van der Waals surface area contributed by atoms with Crippen molar-refractivity contribution in [1.29, 1.82) is 0 Å². The van der Waals surface area contributed by atoms with Crippen molar-refractivity contribution in [3.63, 3.8) is 0 Å². The zero-order chi connectivity index (χ0) is 21.8. The van der Waals surface area contributed by atoms with Gasteiger partial charge in [0.15, 0.2) is 10.6 Å². The molecule has 3 heterocycles. The molecule has 0 bridgehead atoms. The first-order valence-electron chi connectivity index (χ1n) is 11.1. The van der Waals surface area contributed by atoms with Crippen LogP contribution in [0.25, 0.3) is 11.4 Å². The van der Waals surface area contributed by atoms with Crippen molar-refractivity contribution in [2.24, 2.45) is 7.05 Å². The number of halogens is 1. The number of benzene rings is 1. The van der Waals surface area contributed by atoms with Crippen LogP contribution in [-0.4, -0.2) is 80.8 Å². The maximum Gasteiger partial charge on any atom is 0.236 e. The van der Waals surface area contributed by atoms with Gasteiger partial charge < -0.3 is 9.47 Å². The summed E-state index contributed by atoms with van der Waals surface area (Å²) in [6, 6.07) is 7.69. The summed E-state index contributed by atoms with van der Waals surface area (Å²) >= 11 is 12.0. The fourth-order valence-electron chi connectivity index (χ4n) is 4.35. The van der Waals surface area contributed by atoms with E-state index in [0.29, 0.717) is 23.0 Å². The first kappa shape index (κ1) is 22.5. The third kappa shape index (κ3) is 5.37. The predicted molar refractivity (Wildman–Crippen MR) is 126 cm³/mol. The monoisotopic (exact) mass is 462 g/mol. The first-order valence-corrected chi connectivity index (χ1v) is 11.9. The van der Waals surface area contributed by atoms with E-state index in [1.54, 1.807) is 0 Å². The van der Waals surface area contributed by atoms with Crippen molar-refractivity contribution in [2.45, 2.75) is 32.4 Å². The highest BCUT2D eigenvalue weighted by Crippen LogP contribution is 2.26. The summed E-state index contributed by atoms with van der Waals surface area (Å²) in [5, 5.41) is 5.41. The molecule has 0 atom stereocenters. The van der Waals surface area contributed by atoms with Crippen molar-refractivity contribution < 1.29 is 4.79 Å². The first-order chi connectivity index (χ1) is 15.0. The summed E-state index contributed by atoms with van der Waals surface area (Å²) in [7, 11) is 1.93. The van der Waals surface area contributed by atoms with Crippen LogP contribution in [0.4, 0.5) is 0 Å². The van der Waals surface area contributed by atoms with E-state index >= 15 is 0 Å². The third-order valence-electron chi connectivity index (χ3n) is 6.27. The van der Waals surface area contributed by atoms with E-state index in [2.05, 4.69) is 14.7 Å². The van der Waals surface area contributed by atoms with Crippen LogP contribution in [0, 0.1) is 4.77 Å². The number of rotatable bonds is 5. The van der Waals surface area contributed by atoms with Gasteiger partial charge in [-0.15, -0.1) is 0 Å². The van der Waals surface area contributed by atoms with Gasteiger partial charge in [-0.25, -0.2) is 4.68 Å². The smallest absolute Gasteiger partial charge is 0.236 e. The minimum atomic E-state index is 0.284. The van der Waals surface area contributed by atoms with Crippen LogP contribution in [0.2, 0.25) is 5.02 Å². The van der Waals surface area contributed by atoms with Crippen molar-refractivity contribution in [1.82, 2.24) is 29.0 Å². The third-order valence-corrected chi connectivity index (χ3v) is 7.09. The van der Waals surface area contributed by atoms with E-state index in [-0.39, 0.29) is 5.91 Å². The van der Waals surface area contributed by atoms with Crippen molar-refractivity contribution in [3.05, 3.63) is 34.1 Å². The van der Waals surface area contributed by atoms with E-state index < -0.39 is 0 Å². The highest BCUT2D eigenvalue weighted by Gasteiger charge is 2.23. The Morgan fingerprint density at radius 2 is 1.65 bits per heavy atom. The van der Waals surface area contributed by atoms with Gasteiger partial charge >= 0.3 is 0 Å². The minimum absolute atomic E-state index is 0.284. The molecule has 31 heavy (non-hydrogen) atoms. The van der Waals surface area contributed by atoms with E-state index in [0.717, 1.165) is 63.5 Å². The molecule has 0 radical (unpaired) electrons. The lowest BCUT2D eigenvalue weighted by Crippen LogP contribution is -2.50. The highest BCUT2D eigenvalue weighted by molar-refractivity contribution is 7.71. The molecular weight excluding hydrogens is 432 g/mol. The molecule has 9 heteroatoms. The Morgan fingerprint density at radius 1 is 1.00 bits per heavy atom. The number of nitrogens with zero attached hydrogens (tertiary/aromatic N) is 6. The topological polar surface area (TPSA) is 49.5 Å². The molecule has 1 aromatic heterocycles. The van der Waals surface area contributed by atoms with Crippen molar-refractivity contribution in [2.75, 3.05) is 45.8 Å². The summed E-state index contributed by atoms with van der Waals surface area (Å²) in [5.74, 6) is 1.06. The Balaban J connectivity index is 1.33. The lowest BCUT2D eigenvalue weighted by molar-refractivity contribution is -0.132. The Hall–Kier alpha value is -1.74. The fourth-order valence-corrected chi connectivity index (χ4v) is 4.75. The summed E-state index contributed by atoms with van der Waals surface area (Å²) in [6.45, 7) is 6.59. The number of amides is 1. The number of aromatic nitrogens is 3. The van der Waals surface area contributed by atoms with Crippen molar-refractivity contribution >= 4 is 29.7 Å². The fraction of sp³-hybridized carbons (Fsp3) is 0.591. The normalized spacial score (nSPS) is 18.8. The van der Waals surface area contributed by atoms with Gasteiger partial charge in [-0.1, -0.05) is 36.6 Å². The largest absolute Gasteiger partial charge is 0.342 e. The van der Waals surface area contributed by atoms with Crippen LogP contribution in [0.5, 0.6) is 0 Å². The Kier molecular flexibility index (Phi) is 7.43. The van der Waals surface area contributed by atoms with E-state index in [1.807, 2.05) is 40.6 Å². The van der Waals surface area contributed by atoms with Gasteiger partial charge in [0.25, 0.3) is 0 Å².